The summed E-state index contributed by atoms with van der Waals surface area (Å²) in [5.41, 5.74) is 2.73. The molecule has 42 heavy (non-hydrogen) atoms. The van der Waals surface area contributed by atoms with E-state index >= 15 is 0 Å². The van der Waals surface area contributed by atoms with E-state index in [1.54, 1.807) is 17.7 Å². The van der Waals surface area contributed by atoms with Crippen molar-refractivity contribution in [1.82, 2.24) is 4.57 Å². The Balaban J connectivity index is 1.57. The number of ether oxygens (including phenoxy) is 2. The lowest BCUT2D eigenvalue weighted by atomic mass is 9.84. The Bertz CT molecular complexity index is 1540. The van der Waals surface area contributed by atoms with Gasteiger partial charge in [0.1, 0.15) is 12.2 Å². The van der Waals surface area contributed by atoms with Crippen molar-refractivity contribution in [3.63, 3.8) is 0 Å². The van der Waals surface area contributed by atoms with E-state index in [4.69, 9.17) is 14.3 Å². The van der Waals surface area contributed by atoms with E-state index in [0.29, 0.717) is 34.3 Å². The van der Waals surface area contributed by atoms with E-state index in [1.165, 1.54) is 0 Å². The Morgan fingerprint density at radius 2 is 1.98 bits per heavy atom. The number of rotatable bonds is 8. The molecular weight excluding hydrogens is 536 g/mol. The van der Waals surface area contributed by atoms with E-state index in [0.717, 1.165) is 28.9 Å². The minimum absolute atomic E-state index is 0.147. The molecule has 3 aliphatic heterocycles. The summed E-state index contributed by atoms with van der Waals surface area (Å²) in [7, 11) is 6.16. The van der Waals surface area contributed by atoms with Crippen LogP contribution in [0.25, 0.3) is 5.57 Å². The van der Waals surface area contributed by atoms with Gasteiger partial charge in [0, 0.05) is 34.5 Å². The highest BCUT2D eigenvalue weighted by molar-refractivity contribution is 6.14. The Morgan fingerprint density at radius 3 is 2.67 bits per heavy atom. The van der Waals surface area contributed by atoms with Crippen LogP contribution in [-0.2, 0) is 42.7 Å². The smallest absolute Gasteiger partial charge is 0.355 e. The topological polar surface area (TPSA) is 108 Å². The van der Waals surface area contributed by atoms with Crippen molar-refractivity contribution in [1.29, 1.82) is 0 Å². The molecule has 4 heterocycles. The Labute approximate surface area is 246 Å². The number of hydrogen-bond acceptors (Lipinski definition) is 8. The van der Waals surface area contributed by atoms with Crippen LogP contribution in [-0.4, -0.2) is 60.5 Å². The van der Waals surface area contributed by atoms with Crippen LogP contribution in [0.4, 0.5) is 5.69 Å². The Kier molecular flexibility index (Phi) is 7.55. The van der Waals surface area contributed by atoms with Gasteiger partial charge in [-0.3, -0.25) is 9.59 Å². The second-order valence-corrected chi connectivity index (χ2v) is 13.2. The van der Waals surface area contributed by atoms with Crippen molar-refractivity contribution < 1.29 is 28.4 Å². The minimum atomic E-state index is -1.68. The van der Waals surface area contributed by atoms with Gasteiger partial charge in [0.2, 0.25) is 5.60 Å². The number of oxime groups is 1. The molecule has 1 aromatic carbocycles. The third-order valence-corrected chi connectivity index (χ3v) is 7.88. The Hall–Kier alpha value is -3.92. The molecule has 224 valence electrons. The second kappa shape index (κ2) is 10.7. The number of cyclic esters (lactones) is 1. The quantitative estimate of drug-likeness (QED) is 0.216. The summed E-state index contributed by atoms with van der Waals surface area (Å²) >= 11 is 0. The number of benzene rings is 1. The number of carbonyl (C=O) groups is 2. The standard InChI is InChI=1S/C32H41N4O6/c1-8-32(41-27(37)14-11-15-36(5,6)7)24-16-26-28-22(18-35(26)29(38)23(24)19-40-30(32)39)21(17-33-42-31(2,3)4)20-12-9-10-13-25(20)34-28/h9-10,12-13,16-17,28,34H,8,11,14-15,18-19H2,1-7H3/q+1/b33-17+/t28?,32-/m0/s1. The average molecular weight is 578 g/mol. The van der Waals surface area contributed by atoms with Crippen LogP contribution in [0.1, 0.15) is 75.4 Å². The van der Waals surface area contributed by atoms with Crippen LogP contribution >= 0.6 is 0 Å². The highest BCUT2D eigenvalue weighted by Gasteiger charge is 2.51. The first-order chi connectivity index (χ1) is 19.7. The second-order valence-electron chi connectivity index (χ2n) is 13.2. The summed E-state index contributed by atoms with van der Waals surface area (Å²) in [5, 5.41) is 7.86. The van der Waals surface area contributed by atoms with Gasteiger partial charge in [-0.1, -0.05) is 30.3 Å². The molecule has 0 bridgehead atoms. The van der Waals surface area contributed by atoms with Gasteiger partial charge < -0.3 is 28.7 Å². The van der Waals surface area contributed by atoms with Crippen LogP contribution in [0, 0.1) is 0 Å². The number of carbonyl (C=O) groups excluding carboxylic acids is 2. The molecule has 1 N–H and O–H groups in total. The number of fused-ring (bicyclic) bond motifs is 5. The molecule has 0 saturated heterocycles. The zero-order valence-corrected chi connectivity index (χ0v) is 25.6. The SMILES string of the molecule is CC[C@@]1(OC(=O)CCC[N+](C)(C)C)C(=O)OCc2c1cc1n(c2=O)CC2=C(/C=N/OC(C)(C)C)c3ccccc3NC21. The van der Waals surface area contributed by atoms with Gasteiger partial charge in [-0.15, -0.1) is 0 Å². The fraction of sp³-hybridized carbons (Fsp3) is 0.500. The number of aromatic nitrogens is 1. The molecule has 10 nitrogen and oxygen atoms in total. The van der Waals surface area contributed by atoms with Gasteiger partial charge in [0.15, 0.2) is 0 Å². The van der Waals surface area contributed by atoms with Gasteiger partial charge in [-0.05, 0) is 44.9 Å². The van der Waals surface area contributed by atoms with Crippen LogP contribution in [0.3, 0.4) is 0 Å². The predicted molar refractivity (Wildman–Crippen MR) is 160 cm³/mol. The van der Waals surface area contributed by atoms with Gasteiger partial charge in [0.05, 0.1) is 58.5 Å². The molecule has 0 aliphatic carbocycles. The van der Waals surface area contributed by atoms with Crippen molar-refractivity contribution in [3.8, 4) is 0 Å². The molecule has 0 radical (unpaired) electrons. The van der Waals surface area contributed by atoms with Crippen molar-refractivity contribution in [2.45, 2.75) is 77.4 Å². The number of hydrogen-bond donors (Lipinski definition) is 1. The molecule has 0 fully saturated rings. The number of para-hydroxylation sites is 1. The van der Waals surface area contributed by atoms with Crippen molar-refractivity contribution in [2.24, 2.45) is 5.16 Å². The molecule has 1 unspecified atom stereocenters. The maximum atomic E-state index is 14.0. The number of esters is 2. The number of allylic oxidation sites excluding steroid dienone is 1. The van der Waals surface area contributed by atoms with Crippen LogP contribution in [0.15, 0.2) is 45.9 Å². The van der Waals surface area contributed by atoms with Crippen LogP contribution in [0.5, 0.6) is 0 Å². The number of nitrogens with one attached hydrogen (secondary N) is 1. The maximum Gasteiger partial charge on any atom is 0.355 e. The fourth-order valence-electron chi connectivity index (χ4n) is 5.83. The van der Waals surface area contributed by atoms with Gasteiger partial charge >= 0.3 is 11.9 Å². The van der Waals surface area contributed by atoms with Crippen LogP contribution in [0.2, 0.25) is 0 Å². The van der Waals surface area contributed by atoms with E-state index in [-0.39, 0.29) is 31.0 Å². The summed E-state index contributed by atoms with van der Waals surface area (Å²) in [6.07, 6.45) is 2.64. The molecule has 0 spiro atoms. The normalized spacial score (nSPS) is 21.2. The first-order valence-electron chi connectivity index (χ1n) is 14.5. The fourth-order valence-corrected chi connectivity index (χ4v) is 5.83. The van der Waals surface area contributed by atoms with Crippen LogP contribution < -0.4 is 10.9 Å². The third-order valence-electron chi connectivity index (χ3n) is 7.88. The van der Waals surface area contributed by atoms with E-state index < -0.39 is 23.1 Å². The summed E-state index contributed by atoms with van der Waals surface area (Å²) in [5.74, 6) is -1.14. The summed E-state index contributed by atoms with van der Waals surface area (Å²) < 4.78 is 13.9. The minimum Gasteiger partial charge on any atom is -0.457 e. The number of nitrogens with zero attached hydrogens (tertiary/aromatic N) is 3. The highest BCUT2D eigenvalue weighted by Crippen LogP contribution is 2.46. The zero-order valence-electron chi connectivity index (χ0n) is 25.6. The first kappa shape index (κ1) is 29.6. The Morgan fingerprint density at radius 1 is 1.24 bits per heavy atom. The lowest BCUT2D eigenvalue weighted by Gasteiger charge is -2.36. The molecule has 0 amide bonds. The summed E-state index contributed by atoms with van der Waals surface area (Å²) in [6, 6.07) is 9.39. The largest absolute Gasteiger partial charge is 0.457 e. The van der Waals surface area contributed by atoms with E-state index in [9.17, 15) is 14.4 Å². The summed E-state index contributed by atoms with van der Waals surface area (Å²) in [6.45, 7) is 8.50. The predicted octanol–water partition coefficient (Wildman–Crippen LogP) is 4.27. The van der Waals surface area contributed by atoms with Crippen molar-refractivity contribution >= 4 is 29.4 Å². The molecule has 3 aliphatic rings. The van der Waals surface area contributed by atoms with Crippen molar-refractivity contribution in [3.05, 3.63) is 68.6 Å². The van der Waals surface area contributed by atoms with Gasteiger partial charge in [0.25, 0.3) is 5.56 Å². The van der Waals surface area contributed by atoms with E-state index in [1.807, 2.05) is 51.1 Å². The molecule has 5 rings (SSSR count). The monoisotopic (exact) mass is 577 g/mol. The molecule has 0 saturated carbocycles. The molecule has 1 aromatic heterocycles. The maximum absolute atomic E-state index is 14.0. The number of quaternary nitrogens is 1. The summed E-state index contributed by atoms with van der Waals surface area (Å²) in [4.78, 5) is 46.0. The molecular formula is C32H41N4O6+. The van der Waals surface area contributed by atoms with Gasteiger partial charge in [-0.2, -0.15) is 0 Å². The first-order valence-corrected chi connectivity index (χ1v) is 14.5. The van der Waals surface area contributed by atoms with Crippen molar-refractivity contribution in [2.75, 3.05) is 33.0 Å². The highest BCUT2D eigenvalue weighted by atomic mass is 16.6. The number of anilines is 1. The third kappa shape index (κ3) is 5.47. The number of pyridine rings is 1. The molecule has 10 heteroatoms. The van der Waals surface area contributed by atoms with Gasteiger partial charge in [-0.25, -0.2) is 4.79 Å². The zero-order chi connectivity index (χ0) is 30.4. The lowest BCUT2D eigenvalue weighted by Crippen LogP contribution is -2.47. The molecule has 2 aromatic rings. The molecule has 2 atom stereocenters. The van der Waals surface area contributed by atoms with E-state index in [2.05, 4.69) is 31.6 Å². The lowest BCUT2D eigenvalue weighted by molar-refractivity contribution is -0.870. The average Bonchev–Trinajstić information content (AvgIpc) is 3.27.